The van der Waals surface area contributed by atoms with Crippen molar-refractivity contribution in [3.8, 4) is 5.75 Å². The van der Waals surface area contributed by atoms with Crippen LogP contribution in [0.4, 0.5) is 0 Å². The van der Waals surface area contributed by atoms with Crippen molar-refractivity contribution in [2.24, 2.45) is 5.92 Å². The molecule has 0 amide bonds. The molecule has 1 aromatic carbocycles. The molecule has 0 radical (unpaired) electrons. The molecule has 0 bridgehead atoms. The lowest BCUT2D eigenvalue weighted by Gasteiger charge is -2.26. The third kappa shape index (κ3) is 4.70. The molecule has 21 heavy (non-hydrogen) atoms. The number of ketones is 1. The van der Waals surface area contributed by atoms with E-state index < -0.39 is 0 Å². The fourth-order valence-electron chi connectivity index (χ4n) is 2.61. The third-order valence-electron chi connectivity index (χ3n) is 3.80. The van der Waals surface area contributed by atoms with Crippen molar-refractivity contribution < 1.29 is 14.3 Å². The highest BCUT2D eigenvalue weighted by Crippen LogP contribution is 2.25. The molecule has 0 spiro atoms. The van der Waals surface area contributed by atoms with Crippen LogP contribution in [0.2, 0.25) is 5.02 Å². The van der Waals surface area contributed by atoms with Crippen LogP contribution in [-0.4, -0.2) is 51.1 Å². The number of likely N-dealkylation sites (N-methyl/N-ethyl adjacent to an activating group) is 1. The van der Waals surface area contributed by atoms with Gasteiger partial charge in [0, 0.05) is 25.3 Å². The van der Waals surface area contributed by atoms with Gasteiger partial charge >= 0.3 is 0 Å². The van der Waals surface area contributed by atoms with Crippen LogP contribution >= 0.6 is 11.6 Å². The van der Waals surface area contributed by atoms with Gasteiger partial charge in [0.1, 0.15) is 5.75 Å². The Bertz CT molecular complexity index is 486. The van der Waals surface area contributed by atoms with Crippen molar-refractivity contribution in [3.05, 3.63) is 28.8 Å². The molecule has 116 valence electrons. The Morgan fingerprint density at radius 1 is 1.43 bits per heavy atom. The summed E-state index contributed by atoms with van der Waals surface area (Å²) in [6.45, 7) is 3.00. The van der Waals surface area contributed by atoms with Crippen LogP contribution in [-0.2, 0) is 4.74 Å². The van der Waals surface area contributed by atoms with Gasteiger partial charge in [0.25, 0.3) is 0 Å². The summed E-state index contributed by atoms with van der Waals surface area (Å²) >= 11 is 6.06. The Morgan fingerprint density at radius 3 is 2.76 bits per heavy atom. The zero-order valence-electron chi connectivity index (χ0n) is 12.6. The van der Waals surface area contributed by atoms with Crippen LogP contribution in [0.5, 0.6) is 5.75 Å². The predicted molar refractivity (Wildman–Crippen MR) is 83.4 cm³/mol. The first-order valence-electron chi connectivity index (χ1n) is 7.23. The van der Waals surface area contributed by atoms with E-state index in [1.807, 2.05) is 7.05 Å². The minimum absolute atomic E-state index is 0.0779. The molecule has 1 saturated heterocycles. The second-order valence-corrected chi connectivity index (χ2v) is 5.93. The molecular weight excluding hydrogens is 290 g/mol. The van der Waals surface area contributed by atoms with Gasteiger partial charge in [-0.25, -0.2) is 0 Å². The summed E-state index contributed by atoms with van der Waals surface area (Å²) in [5.74, 6) is 1.29. The number of hydrogen-bond donors (Lipinski definition) is 0. The van der Waals surface area contributed by atoms with Gasteiger partial charge in [0.15, 0.2) is 5.78 Å². The quantitative estimate of drug-likeness (QED) is 0.757. The van der Waals surface area contributed by atoms with Crippen molar-refractivity contribution in [3.63, 3.8) is 0 Å². The fraction of sp³-hybridized carbons (Fsp3) is 0.562. The summed E-state index contributed by atoms with van der Waals surface area (Å²) in [5, 5.41) is 0.468. The minimum Gasteiger partial charge on any atom is -0.495 e. The first kappa shape index (κ1) is 16.3. The number of methoxy groups -OCH3 is 1. The molecule has 0 aromatic heterocycles. The van der Waals surface area contributed by atoms with Crippen molar-refractivity contribution in [2.75, 3.05) is 40.5 Å². The Labute approximate surface area is 131 Å². The normalized spacial score (nSPS) is 16.2. The van der Waals surface area contributed by atoms with E-state index in [1.165, 1.54) is 0 Å². The number of carbonyl (C=O) groups excluding carboxylic acids is 1. The van der Waals surface area contributed by atoms with Gasteiger partial charge in [-0.05, 0) is 44.0 Å². The molecule has 1 fully saturated rings. The van der Waals surface area contributed by atoms with Crippen LogP contribution < -0.4 is 4.74 Å². The Morgan fingerprint density at radius 2 is 2.14 bits per heavy atom. The Balaban J connectivity index is 1.89. The zero-order chi connectivity index (χ0) is 15.2. The van der Waals surface area contributed by atoms with Gasteiger partial charge in [-0.3, -0.25) is 9.69 Å². The number of rotatable bonds is 6. The maximum atomic E-state index is 12.3. The fourth-order valence-corrected chi connectivity index (χ4v) is 2.87. The minimum atomic E-state index is 0.0779. The van der Waals surface area contributed by atoms with Gasteiger partial charge < -0.3 is 9.47 Å². The first-order chi connectivity index (χ1) is 10.1. The number of carbonyl (C=O) groups is 1. The Kier molecular flexibility index (Phi) is 6.03. The molecule has 0 aliphatic carbocycles. The molecule has 2 rings (SSSR count). The monoisotopic (exact) mass is 311 g/mol. The molecule has 1 aromatic rings. The molecule has 4 nitrogen and oxygen atoms in total. The van der Waals surface area contributed by atoms with Crippen molar-refractivity contribution in [1.29, 1.82) is 0 Å². The van der Waals surface area contributed by atoms with Crippen molar-refractivity contribution >= 4 is 17.4 Å². The van der Waals surface area contributed by atoms with Gasteiger partial charge in [-0.2, -0.15) is 0 Å². The van der Waals surface area contributed by atoms with Crippen LogP contribution in [0.1, 0.15) is 23.2 Å². The maximum absolute atomic E-state index is 12.3. The molecule has 5 heteroatoms. The van der Waals surface area contributed by atoms with Crippen LogP contribution in [0, 0.1) is 5.92 Å². The van der Waals surface area contributed by atoms with Gasteiger partial charge in [0.2, 0.25) is 0 Å². The Hall–Kier alpha value is -1.10. The SMILES string of the molecule is COc1ccc(C(=O)CN(C)CC2CCOCC2)cc1Cl. The molecule has 0 saturated carbocycles. The van der Waals surface area contributed by atoms with E-state index in [4.69, 9.17) is 21.1 Å². The first-order valence-corrected chi connectivity index (χ1v) is 7.61. The van der Waals surface area contributed by atoms with E-state index in [2.05, 4.69) is 4.90 Å². The van der Waals surface area contributed by atoms with Gasteiger partial charge in [-0.1, -0.05) is 11.6 Å². The topological polar surface area (TPSA) is 38.8 Å². The van der Waals surface area contributed by atoms with Crippen molar-refractivity contribution in [1.82, 2.24) is 4.90 Å². The van der Waals surface area contributed by atoms with Crippen molar-refractivity contribution in [2.45, 2.75) is 12.8 Å². The van der Waals surface area contributed by atoms with Gasteiger partial charge in [-0.15, -0.1) is 0 Å². The number of ether oxygens (including phenoxy) is 2. The van der Waals surface area contributed by atoms with Crippen LogP contribution in [0.3, 0.4) is 0 Å². The van der Waals surface area contributed by atoms with Crippen LogP contribution in [0.15, 0.2) is 18.2 Å². The van der Waals surface area contributed by atoms with E-state index in [-0.39, 0.29) is 5.78 Å². The highest BCUT2D eigenvalue weighted by molar-refractivity contribution is 6.32. The molecule has 1 aliphatic heterocycles. The summed E-state index contributed by atoms with van der Waals surface area (Å²) in [6.07, 6.45) is 2.15. The second kappa shape index (κ2) is 7.78. The third-order valence-corrected chi connectivity index (χ3v) is 4.09. The maximum Gasteiger partial charge on any atom is 0.176 e. The average molecular weight is 312 g/mol. The highest BCUT2D eigenvalue weighted by atomic mass is 35.5. The second-order valence-electron chi connectivity index (χ2n) is 5.53. The zero-order valence-corrected chi connectivity index (χ0v) is 13.4. The van der Waals surface area contributed by atoms with E-state index in [0.29, 0.717) is 28.8 Å². The lowest BCUT2D eigenvalue weighted by atomic mass is 9.99. The molecule has 0 N–H and O–H groups in total. The molecule has 1 aliphatic rings. The summed E-state index contributed by atoms with van der Waals surface area (Å²) < 4.78 is 10.5. The lowest BCUT2D eigenvalue weighted by Crippen LogP contribution is -2.33. The number of halogens is 1. The molecule has 0 unspecified atom stereocenters. The number of Topliss-reactive ketones (excluding diaryl/α,β-unsaturated/α-hetero) is 1. The van der Waals surface area contributed by atoms with E-state index in [9.17, 15) is 4.79 Å². The van der Waals surface area contributed by atoms with E-state index in [1.54, 1.807) is 25.3 Å². The molecule has 0 atom stereocenters. The summed E-state index contributed by atoms with van der Waals surface area (Å²) in [4.78, 5) is 14.4. The van der Waals surface area contributed by atoms with Crippen LogP contribution in [0.25, 0.3) is 0 Å². The average Bonchev–Trinajstić information content (AvgIpc) is 2.48. The summed E-state index contributed by atoms with van der Waals surface area (Å²) in [7, 11) is 3.54. The number of hydrogen-bond acceptors (Lipinski definition) is 4. The smallest absolute Gasteiger partial charge is 0.176 e. The van der Waals surface area contributed by atoms with E-state index >= 15 is 0 Å². The molecule has 1 heterocycles. The largest absolute Gasteiger partial charge is 0.495 e. The molecular formula is C16H22ClNO3. The van der Waals surface area contributed by atoms with Gasteiger partial charge in [0.05, 0.1) is 18.7 Å². The highest BCUT2D eigenvalue weighted by Gasteiger charge is 2.18. The number of nitrogens with zero attached hydrogens (tertiary/aromatic N) is 1. The lowest BCUT2D eigenvalue weighted by molar-refractivity contribution is 0.0549. The number of benzene rings is 1. The summed E-state index contributed by atoms with van der Waals surface area (Å²) in [5.41, 5.74) is 0.625. The predicted octanol–water partition coefficient (Wildman–Crippen LogP) is 2.89. The van der Waals surface area contributed by atoms with E-state index in [0.717, 1.165) is 32.6 Å². The standard InChI is InChI=1S/C16H22ClNO3/c1-18(10-12-5-7-21-8-6-12)11-15(19)13-3-4-16(20-2)14(17)9-13/h3-4,9,12H,5-8,10-11H2,1-2H3. The summed E-state index contributed by atoms with van der Waals surface area (Å²) in [6, 6.07) is 5.16.